The molecule has 4 aromatic rings. The van der Waals surface area contributed by atoms with E-state index >= 15 is 0 Å². The second-order valence-corrected chi connectivity index (χ2v) is 8.98. The summed E-state index contributed by atoms with van der Waals surface area (Å²) in [5.74, 6) is 0.872. The molecule has 5 rings (SSSR count). The smallest absolute Gasteiger partial charge is 0.145 e. The van der Waals surface area contributed by atoms with Gasteiger partial charge in [-0.25, -0.2) is 15.0 Å². The monoisotopic (exact) mass is 448 g/mol. The number of pyridine rings is 1. The third-order valence-corrected chi connectivity index (χ3v) is 6.98. The topological polar surface area (TPSA) is 145 Å². The molecule has 0 saturated heterocycles. The zero-order valence-corrected chi connectivity index (χ0v) is 18.4. The van der Waals surface area contributed by atoms with Crippen LogP contribution in [0.3, 0.4) is 0 Å². The van der Waals surface area contributed by atoms with E-state index in [1.165, 1.54) is 6.33 Å². The first-order chi connectivity index (χ1) is 15.9. The molecule has 3 heterocycles. The van der Waals surface area contributed by atoms with E-state index in [4.69, 9.17) is 16.2 Å². The van der Waals surface area contributed by atoms with Gasteiger partial charge in [0.15, 0.2) is 0 Å². The highest BCUT2D eigenvalue weighted by atomic mass is 16.5. The van der Waals surface area contributed by atoms with E-state index in [1.54, 1.807) is 13.2 Å². The molecule has 0 spiro atoms. The molecule has 0 radical (unpaired) electrons. The summed E-state index contributed by atoms with van der Waals surface area (Å²) >= 11 is 0. The van der Waals surface area contributed by atoms with Crippen LogP contribution in [0.25, 0.3) is 21.9 Å². The third-order valence-electron chi connectivity index (χ3n) is 6.98. The van der Waals surface area contributed by atoms with Gasteiger partial charge in [0.05, 0.1) is 29.7 Å². The van der Waals surface area contributed by atoms with Crippen LogP contribution < -0.4 is 11.5 Å². The molecule has 6 N–H and O–H groups in total. The lowest BCUT2D eigenvalue weighted by Gasteiger charge is -2.32. The summed E-state index contributed by atoms with van der Waals surface area (Å²) in [6.07, 6.45) is 3.22. The predicted molar refractivity (Wildman–Crippen MR) is 126 cm³/mol. The highest BCUT2D eigenvalue weighted by Gasteiger charge is 2.53. The van der Waals surface area contributed by atoms with E-state index in [9.17, 15) is 10.2 Å². The Balaban J connectivity index is 1.43. The summed E-state index contributed by atoms with van der Waals surface area (Å²) in [5, 5.41) is 24.0. The van der Waals surface area contributed by atoms with Crippen molar-refractivity contribution in [3.8, 4) is 0 Å². The number of fused-ring (bicyclic) bond motifs is 2. The molecule has 1 aliphatic carbocycles. The van der Waals surface area contributed by atoms with Crippen molar-refractivity contribution in [3.05, 3.63) is 54.5 Å². The predicted octanol–water partition coefficient (Wildman–Crippen LogP) is 2.08. The highest BCUT2D eigenvalue weighted by Crippen LogP contribution is 2.48. The molecule has 1 aromatic carbocycles. The number of aliphatic hydroxyl groups is 2. The van der Waals surface area contributed by atoms with Crippen molar-refractivity contribution in [3.63, 3.8) is 0 Å². The molecule has 33 heavy (non-hydrogen) atoms. The maximum Gasteiger partial charge on any atom is 0.145 e. The van der Waals surface area contributed by atoms with Crippen LogP contribution in [0.1, 0.15) is 24.4 Å². The Kier molecular flexibility index (Phi) is 5.40. The Hall–Kier alpha value is -3.27. The Labute approximate surface area is 191 Å². The van der Waals surface area contributed by atoms with Gasteiger partial charge in [0.1, 0.15) is 29.7 Å². The van der Waals surface area contributed by atoms with Gasteiger partial charge in [-0.2, -0.15) is 0 Å². The van der Waals surface area contributed by atoms with E-state index in [-0.39, 0.29) is 6.04 Å². The van der Waals surface area contributed by atoms with Crippen molar-refractivity contribution >= 4 is 33.6 Å². The van der Waals surface area contributed by atoms with Crippen LogP contribution >= 0.6 is 0 Å². The molecule has 9 nitrogen and oxygen atoms in total. The minimum Gasteiger partial charge on any atom is -0.390 e. The van der Waals surface area contributed by atoms with E-state index in [0.29, 0.717) is 43.2 Å². The Morgan fingerprint density at radius 2 is 1.97 bits per heavy atom. The fourth-order valence-corrected chi connectivity index (χ4v) is 5.23. The van der Waals surface area contributed by atoms with Gasteiger partial charge in [0.2, 0.25) is 0 Å². The Morgan fingerprint density at radius 1 is 1.15 bits per heavy atom. The zero-order valence-electron chi connectivity index (χ0n) is 18.4. The average molecular weight is 449 g/mol. The largest absolute Gasteiger partial charge is 0.390 e. The number of aryl methyl sites for hydroxylation is 1. The van der Waals surface area contributed by atoms with Crippen molar-refractivity contribution in [2.24, 2.45) is 5.41 Å². The third kappa shape index (κ3) is 3.68. The van der Waals surface area contributed by atoms with Crippen LogP contribution in [0.5, 0.6) is 0 Å². The minimum atomic E-state index is -0.968. The molecular formula is C24H28N6O3. The van der Waals surface area contributed by atoms with Crippen molar-refractivity contribution in [2.45, 2.75) is 37.5 Å². The number of anilines is 2. The molecule has 3 aromatic heterocycles. The number of aliphatic hydroxyl groups excluding tert-OH is 2. The number of ether oxygens (including phenoxy) is 1. The van der Waals surface area contributed by atoms with Gasteiger partial charge in [-0.15, -0.1) is 0 Å². The first kappa shape index (κ1) is 21.6. The quantitative estimate of drug-likeness (QED) is 0.351. The van der Waals surface area contributed by atoms with E-state index in [0.717, 1.165) is 21.9 Å². The molecule has 0 unspecified atom stereocenters. The van der Waals surface area contributed by atoms with Gasteiger partial charge in [-0.05, 0) is 49.1 Å². The lowest BCUT2D eigenvalue weighted by Crippen LogP contribution is -2.40. The van der Waals surface area contributed by atoms with Crippen molar-refractivity contribution in [1.82, 2.24) is 19.5 Å². The number of hydrogen-bond acceptors (Lipinski definition) is 8. The molecule has 9 heteroatoms. The first-order valence-electron chi connectivity index (χ1n) is 11.0. The van der Waals surface area contributed by atoms with Crippen LogP contribution in [-0.2, 0) is 11.2 Å². The van der Waals surface area contributed by atoms with Crippen LogP contribution in [0.2, 0.25) is 0 Å². The normalized spacial score (nSPS) is 25.2. The molecular weight excluding hydrogens is 420 g/mol. The van der Waals surface area contributed by atoms with Gasteiger partial charge < -0.3 is 31.0 Å². The number of methoxy groups -OCH3 is 1. The fraction of sp³-hybridized carbons (Fsp3) is 0.375. The molecule has 0 bridgehead atoms. The summed E-state index contributed by atoms with van der Waals surface area (Å²) in [6, 6.07) is 11.3. The summed E-state index contributed by atoms with van der Waals surface area (Å²) in [5.41, 5.74) is 13.8. The number of nitrogen functional groups attached to an aromatic ring is 2. The summed E-state index contributed by atoms with van der Waals surface area (Å²) in [6.45, 7) is 0.330. The van der Waals surface area contributed by atoms with E-state index < -0.39 is 17.6 Å². The standard InChI is InChI=1S/C24H28N6O3/c1-33-12-24(8-6-14-2-3-15-4-5-19(25)29-17(15)10-14)11-18(20(31)21(24)32)30-9-7-16-22(26)27-13-28-23(16)30/h2-5,7,9-10,13,18,20-21,31-32H,6,8,11-12H2,1H3,(H2,25,29)(H2,26,27,28)/t18-,20+,21+,24+/m1/s1. The number of hydrogen-bond donors (Lipinski definition) is 4. The SMILES string of the molecule is COC[C@]1(CCc2ccc3ccc(N)nc3c2)C[C@@H](n2ccc3c(N)ncnc32)[C@H](O)[C@@H]1O. The second-order valence-electron chi connectivity index (χ2n) is 8.98. The summed E-state index contributed by atoms with van der Waals surface area (Å²) in [7, 11) is 1.62. The Morgan fingerprint density at radius 3 is 2.79 bits per heavy atom. The molecule has 0 aliphatic heterocycles. The first-order valence-corrected chi connectivity index (χ1v) is 11.0. The van der Waals surface area contributed by atoms with E-state index in [1.807, 2.05) is 35.0 Å². The molecule has 0 amide bonds. The molecule has 1 aliphatic rings. The number of nitrogens with zero attached hydrogens (tertiary/aromatic N) is 4. The van der Waals surface area contributed by atoms with Crippen molar-refractivity contribution in [2.75, 3.05) is 25.2 Å². The molecule has 172 valence electrons. The molecule has 1 fully saturated rings. The van der Waals surface area contributed by atoms with Crippen molar-refractivity contribution in [1.29, 1.82) is 0 Å². The van der Waals surface area contributed by atoms with Gasteiger partial charge in [0, 0.05) is 24.1 Å². The fourth-order valence-electron chi connectivity index (χ4n) is 5.23. The lowest BCUT2D eigenvalue weighted by atomic mass is 9.79. The zero-order chi connectivity index (χ0) is 23.2. The number of aromatic nitrogens is 4. The van der Waals surface area contributed by atoms with Crippen LogP contribution in [0, 0.1) is 5.41 Å². The highest BCUT2D eigenvalue weighted by molar-refractivity contribution is 5.86. The van der Waals surface area contributed by atoms with Gasteiger partial charge in [0.25, 0.3) is 0 Å². The van der Waals surface area contributed by atoms with Crippen LogP contribution in [0.15, 0.2) is 48.9 Å². The number of nitrogens with two attached hydrogens (primary N) is 2. The number of benzene rings is 1. The summed E-state index contributed by atoms with van der Waals surface area (Å²) < 4.78 is 7.43. The Bertz CT molecular complexity index is 1310. The maximum atomic E-state index is 11.2. The molecule has 4 atom stereocenters. The van der Waals surface area contributed by atoms with Crippen LogP contribution in [0.4, 0.5) is 11.6 Å². The molecule has 1 saturated carbocycles. The maximum absolute atomic E-state index is 11.2. The van der Waals surface area contributed by atoms with Crippen molar-refractivity contribution < 1.29 is 14.9 Å². The van der Waals surface area contributed by atoms with Crippen LogP contribution in [-0.4, -0.2) is 55.7 Å². The summed E-state index contributed by atoms with van der Waals surface area (Å²) in [4.78, 5) is 12.8. The number of rotatable bonds is 6. The van der Waals surface area contributed by atoms with E-state index in [2.05, 4.69) is 21.0 Å². The van der Waals surface area contributed by atoms with Gasteiger partial charge in [-0.1, -0.05) is 12.1 Å². The lowest BCUT2D eigenvalue weighted by molar-refractivity contribution is -0.0598. The second kappa shape index (κ2) is 8.26. The minimum absolute atomic E-state index is 0.330. The average Bonchev–Trinajstić information content (AvgIpc) is 3.34. The van der Waals surface area contributed by atoms with Gasteiger partial charge in [-0.3, -0.25) is 0 Å². The van der Waals surface area contributed by atoms with Gasteiger partial charge >= 0.3 is 0 Å².